The van der Waals surface area contributed by atoms with Crippen LogP contribution >= 0.6 is 15.9 Å². The van der Waals surface area contributed by atoms with E-state index in [1.165, 1.54) is 0 Å². The Morgan fingerprint density at radius 2 is 2.33 bits per heavy atom. The molecule has 1 unspecified atom stereocenters. The molecule has 0 amide bonds. The van der Waals surface area contributed by atoms with Crippen molar-refractivity contribution in [2.45, 2.75) is 4.83 Å². The third-order valence-electron chi connectivity index (χ3n) is 1.06. The third-order valence-corrected chi connectivity index (χ3v) is 1.83. The van der Waals surface area contributed by atoms with E-state index in [0.29, 0.717) is 5.71 Å². The van der Waals surface area contributed by atoms with Gasteiger partial charge in [0, 0.05) is 6.08 Å². The van der Waals surface area contributed by atoms with E-state index >= 15 is 0 Å². The molecule has 9 heavy (non-hydrogen) atoms. The molecule has 0 saturated carbocycles. The summed E-state index contributed by atoms with van der Waals surface area (Å²) in [6.45, 7) is 0. The standard InChI is InChI=1S/C6H5BrN2/c7-5-3-1-2-4-6(5)9-8/h1-5H. The van der Waals surface area contributed by atoms with Gasteiger partial charge in [0.25, 0.3) is 0 Å². The first-order chi connectivity index (χ1) is 4.34. The molecule has 1 atom stereocenters. The van der Waals surface area contributed by atoms with Crippen molar-refractivity contribution in [3.63, 3.8) is 0 Å². The van der Waals surface area contributed by atoms with Crippen LogP contribution in [0, 0.1) is 0 Å². The molecule has 0 aromatic carbocycles. The van der Waals surface area contributed by atoms with Crippen molar-refractivity contribution in [3.8, 4) is 0 Å². The van der Waals surface area contributed by atoms with E-state index in [0.717, 1.165) is 0 Å². The minimum atomic E-state index is 0.0625. The van der Waals surface area contributed by atoms with Crippen molar-refractivity contribution in [1.29, 1.82) is 0 Å². The Kier molecular flexibility index (Phi) is 1.98. The zero-order valence-corrected chi connectivity index (χ0v) is 6.25. The topological polar surface area (TPSA) is 36.4 Å². The molecule has 0 heterocycles. The lowest BCUT2D eigenvalue weighted by molar-refractivity contribution is -0.00481. The smallest absolute Gasteiger partial charge is 0.309 e. The Labute approximate surface area is 61.6 Å². The fraction of sp³-hybridized carbons (Fsp3) is 0.167. The average molecular weight is 185 g/mol. The average Bonchev–Trinajstić information content (AvgIpc) is 1.89. The van der Waals surface area contributed by atoms with Crippen LogP contribution in [-0.2, 0) is 0 Å². The molecular formula is C6H5BrN2. The van der Waals surface area contributed by atoms with Gasteiger partial charge in [-0.25, -0.2) is 0 Å². The normalized spacial score (nSPS) is 24.1. The van der Waals surface area contributed by atoms with Crippen LogP contribution in [0.4, 0.5) is 0 Å². The van der Waals surface area contributed by atoms with Gasteiger partial charge >= 0.3 is 5.71 Å². The molecule has 0 spiro atoms. The maximum Gasteiger partial charge on any atom is 0.309 e. The van der Waals surface area contributed by atoms with Gasteiger partial charge in [0.15, 0.2) is 0 Å². The molecule has 0 radical (unpaired) electrons. The maximum atomic E-state index is 8.33. The lowest BCUT2D eigenvalue weighted by Crippen LogP contribution is -2.11. The minimum Gasteiger partial charge on any atom is -0.361 e. The number of hydrogen-bond acceptors (Lipinski definition) is 0. The molecule has 0 N–H and O–H groups in total. The summed E-state index contributed by atoms with van der Waals surface area (Å²) in [6, 6.07) is 0. The zero-order chi connectivity index (χ0) is 6.69. The van der Waals surface area contributed by atoms with Gasteiger partial charge in [0.1, 0.15) is 4.83 Å². The molecule has 0 aromatic rings. The molecule has 0 fully saturated rings. The summed E-state index contributed by atoms with van der Waals surface area (Å²) in [7, 11) is 0. The van der Waals surface area contributed by atoms with E-state index in [1.54, 1.807) is 6.08 Å². The van der Waals surface area contributed by atoms with Crippen LogP contribution in [0.3, 0.4) is 0 Å². The van der Waals surface area contributed by atoms with E-state index in [-0.39, 0.29) is 4.83 Å². The van der Waals surface area contributed by atoms with Crippen LogP contribution in [0.5, 0.6) is 0 Å². The summed E-state index contributed by atoms with van der Waals surface area (Å²) < 4.78 is 0. The molecular weight excluding hydrogens is 180 g/mol. The number of nitrogens with zero attached hydrogens (tertiary/aromatic N) is 2. The summed E-state index contributed by atoms with van der Waals surface area (Å²) in [6.07, 6.45) is 7.37. The van der Waals surface area contributed by atoms with Crippen molar-refractivity contribution in [3.05, 3.63) is 29.8 Å². The first-order valence-corrected chi connectivity index (χ1v) is 3.47. The molecule has 0 aliphatic heterocycles. The summed E-state index contributed by atoms with van der Waals surface area (Å²) in [5, 5.41) is 0. The second-order valence-corrected chi connectivity index (χ2v) is 2.66. The highest BCUT2D eigenvalue weighted by atomic mass is 79.9. The van der Waals surface area contributed by atoms with Crippen molar-refractivity contribution in [1.82, 2.24) is 0 Å². The minimum absolute atomic E-state index is 0.0625. The van der Waals surface area contributed by atoms with Crippen LogP contribution in [0.2, 0.25) is 0 Å². The number of rotatable bonds is 0. The Morgan fingerprint density at radius 1 is 1.56 bits per heavy atom. The fourth-order valence-corrected chi connectivity index (χ4v) is 1.02. The molecule has 0 aromatic heterocycles. The first kappa shape index (κ1) is 6.46. The Bertz CT molecular complexity index is 211. The van der Waals surface area contributed by atoms with Crippen LogP contribution in [0.15, 0.2) is 24.3 Å². The monoisotopic (exact) mass is 184 g/mol. The van der Waals surface area contributed by atoms with Gasteiger partial charge in [-0.15, -0.1) is 0 Å². The Hall–Kier alpha value is -0.660. The summed E-state index contributed by atoms with van der Waals surface area (Å²) in [5.41, 5.74) is 8.97. The second kappa shape index (κ2) is 2.76. The Morgan fingerprint density at radius 3 is 2.78 bits per heavy atom. The largest absolute Gasteiger partial charge is 0.361 e. The van der Waals surface area contributed by atoms with Gasteiger partial charge in [-0.05, 0) is 0 Å². The summed E-state index contributed by atoms with van der Waals surface area (Å²) >= 11 is 3.29. The van der Waals surface area contributed by atoms with Crippen molar-refractivity contribution in [2.75, 3.05) is 0 Å². The fourth-order valence-electron chi connectivity index (χ4n) is 0.595. The van der Waals surface area contributed by atoms with E-state index < -0.39 is 0 Å². The van der Waals surface area contributed by atoms with Gasteiger partial charge in [-0.3, -0.25) is 0 Å². The highest BCUT2D eigenvalue weighted by Gasteiger charge is 2.14. The molecule has 46 valence electrons. The van der Waals surface area contributed by atoms with Crippen LogP contribution in [0.1, 0.15) is 0 Å². The van der Waals surface area contributed by atoms with Gasteiger partial charge in [0.05, 0.1) is 0 Å². The zero-order valence-electron chi connectivity index (χ0n) is 4.66. The summed E-state index contributed by atoms with van der Waals surface area (Å²) in [4.78, 5) is 3.12. The molecule has 0 saturated heterocycles. The van der Waals surface area contributed by atoms with E-state index in [4.69, 9.17) is 5.53 Å². The van der Waals surface area contributed by atoms with Crippen LogP contribution < -0.4 is 0 Å². The van der Waals surface area contributed by atoms with Gasteiger partial charge < -0.3 is 5.53 Å². The number of alkyl halides is 1. The van der Waals surface area contributed by atoms with Gasteiger partial charge in [0.2, 0.25) is 0 Å². The molecule has 3 heteroatoms. The second-order valence-electron chi connectivity index (χ2n) is 1.67. The highest BCUT2D eigenvalue weighted by Crippen LogP contribution is 2.07. The number of hydrogen-bond donors (Lipinski definition) is 0. The summed E-state index contributed by atoms with van der Waals surface area (Å²) in [5.74, 6) is 0. The third kappa shape index (κ3) is 1.37. The molecule has 1 rings (SSSR count). The van der Waals surface area contributed by atoms with Crippen LogP contribution in [0.25, 0.3) is 5.53 Å². The van der Waals surface area contributed by atoms with E-state index in [9.17, 15) is 0 Å². The SMILES string of the molecule is [N-]=[N+]=C1C=CC=CC1Br. The molecule has 1 aliphatic carbocycles. The van der Waals surface area contributed by atoms with Crippen molar-refractivity contribution >= 4 is 21.6 Å². The number of allylic oxidation sites excluding steroid dienone is 4. The molecule has 2 nitrogen and oxygen atoms in total. The van der Waals surface area contributed by atoms with E-state index in [1.807, 2.05) is 18.2 Å². The predicted molar refractivity (Wildman–Crippen MR) is 39.6 cm³/mol. The lowest BCUT2D eigenvalue weighted by Gasteiger charge is -1.96. The molecule has 1 aliphatic rings. The Balaban J connectivity index is 2.90. The lowest BCUT2D eigenvalue weighted by atomic mass is 10.2. The van der Waals surface area contributed by atoms with Gasteiger partial charge in [-0.1, -0.05) is 34.2 Å². The quantitative estimate of drug-likeness (QED) is 0.312. The maximum absolute atomic E-state index is 8.33. The van der Waals surface area contributed by atoms with Gasteiger partial charge in [-0.2, -0.15) is 4.79 Å². The van der Waals surface area contributed by atoms with Crippen LogP contribution in [-0.4, -0.2) is 15.3 Å². The highest BCUT2D eigenvalue weighted by molar-refractivity contribution is 9.10. The van der Waals surface area contributed by atoms with E-state index in [2.05, 4.69) is 20.7 Å². The van der Waals surface area contributed by atoms with Crippen molar-refractivity contribution in [2.24, 2.45) is 0 Å². The predicted octanol–water partition coefficient (Wildman–Crippen LogP) is 1.55. The number of halogens is 1. The first-order valence-electron chi connectivity index (χ1n) is 2.55. The molecule has 0 bridgehead atoms. The van der Waals surface area contributed by atoms with Crippen molar-refractivity contribution < 1.29 is 4.79 Å².